The molecule has 0 aromatic rings. The van der Waals surface area contributed by atoms with Gasteiger partial charge in [0.2, 0.25) is 5.72 Å². The Kier molecular flexibility index (Phi) is 7.21. The highest BCUT2D eigenvalue weighted by atomic mass is 17.2. The number of hydrogen-bond donors (Lipinski definition) is 0. The van der Waals surface area contributed by atoms with E-state index in [-0.39, 0.29) is 17.1 Å². The Bertz CT molecular complexity index is 379. The van der Waals surface area contributed by atoms with Gasteiger partial charge in [-0.3, -0.25) is 0 Å². The Morgan fingerprint density at radius 1 is 0.913 bits per heavy atom. The fourth-order valence-electron chi connectivity index (χ4n) is 3.54. The van der Waals surface area contributed by atoms with Gasteiger partial charge in [-0.05, 0) is 59.3 Å². The third-order valence-electron chi connectivity index (χ3n) is 4.24. The van der Waals surface area contributed by atoms with E-state index in [4.69, 9.17) is 9.78 Å². The molecule has 4 nitrogen and oxygen atoms in total. The summed E-state index contributed by atoms with van der Waals surface area (Å²) >= 11 is 0. The highest BCUT2D eigenvalue weighted by Crippen LogP contribution is 2.38. The van der Waals surface area contributed by atoms with E-state index < -0.39 is 5.72 Å². The first-order chi connectivity index (χ1) is 10.4. The first-order valence-electron chi connectivity index (χ1n) is 9.22. The molecule has 0 aliphatic heterocycles. The molecule has 1 aliphatic carbocycles. The van der Waals surface area contributed by atoms with Crippen LogP contribution in [0.25, 0.3) is 0 Å². The molecule has 1 unspecified atom stereocenters. The van der Waals surface area contributed by atoms with E-state index >= 15 is 0 Å². The van der Waals surface area contributed by atoms with Gasteiger partial charge in [0.1, 0.15) is 0 Å². The SMILES string of the molecule is CC(C)N=NC(C)(OOC(C)(C)CC(C)(C)C)C1CCCCC1. The van der Waals surface area contributed by atoms with Crippen molar-refractivity contribution >= 4 is 0 Å². The molecule has 0 heterocycles. The topological polar surface area (TPSA) is 43.2 Å². The zero-order chi connectivity index (χ0) is 17.7. The molecule has 0 bridgehead atoms. The first-order valence-corrected chi connectivity index (χ1v) is 9.22. The van der Waals surface area contributed by atoms with Crippen molar-refractivity contribution in [3.8, 4) is 0 Å². The van der Waals surface area contributed by atoms with Crippen molar-refractivity contribution in [2.24, 2.45) is 21.6 Å². The monoisotopic (exact) mass is 326 g/mol. The molecule has 0 radical (unpaired) electrons. The van der Waals surface area contributed by atoms with Crippen molar-refractivity contribution in [2.45, 2.75) is 111 Å². The summed E-state index contributed by atoms with van der Waals surface area (Å²) < 4.78 is 0. The van der Waals surface area contributed by atoms with Gasteiger partial charge in [-0.1, -0.05) is 40.0 Å². The van der Waals surface area contributed by atoms with Gasteiger partial charge < -0.3 is 0 Å². The second-order valence-corrected chi connectivity index (χ2v) is 9.36. The van der Waals surface area contributed by atoms with Crippen LogP contribution in [-0.4, -0.2) is 17.4 Å². The smallest absolute Gasteiger partial charge is 0.212 e. The number of azo groups is 1. The summed E-state index contributed by atoms with van der Waals surface area (Å²) in [5, 5.41) is 8.92. The van der Waals surface area contributed by atoms with Crippen LogP contribution in [0.3, 0.4) is 0 Å². The average Bonchev–Trinajstić information content (AvgIpc) is 2.41. The minimum absolute atomic E-state index is 0.170. The van der Waals surface area contributed by atoms with Gasteiger partial charge in [-0.25, -0.2) is 9.78 Å². The molecule has 0 spiro atoms. The van der Waals surface area contributed by atoms with Crippen LogP contribution in [-0.2, 0) is 9.78 Å². The second-order valence-electron chi connectivity index (χ2n) is 9.36. The Balaban J connectivity index is 2.80. The standard InChI is InChI=1S/C19H38N2O2/c1-15(2)20-21-19(8,16-12-10-9-11-13-16)23-22-18(6,7)14-17(3,4)5/h15-16H,9-14H2,1-8H3. The van der Waals surface area contributed by atoms with Crippen LogP contribution in [0.1, 0.15) is 93.9 Å². The van der Waals surface area contributed by atoms with Crippen molar-refractivity contribution in [2.75, 3.05) is 0 Å². The minimum atomic E-state index is -0.681. The summed E-state index contributed by atoms with van der Waals surface area (Å²) in [4.78, 5) is 11.9. The summed E-state index contributed by atoms with van der Waals surface area (Å²) in [5.74, 6) is 0.379. The van der Waals surface area contributed by atoms with Gasteiger partial charge in [0.05, 0.1) is 11.6 Å². The van der Waals surface area contributed by atoms with E-state index in [0.717, 1.165) is 19.3 Å². The van der Waals surface area contributed by atoms with Crippen LogP contribution in [0.4, 0.5) is 0 Å². The lowest BCUT2D eigenvalue weighted by Crippen LogP contribution is -2.41. The Morgan fingerprint density at radius 3 is 1.96 bits per heavy atom. The van der Waals surface area contributed by atoms with Gasteiger partial charge in [0, 0.05) is 5.92 Å². The van der Waals surface area contributed by atoms with Crippen molar-refractivity contribution in [3.05, 3.63) is 0 Å². The molecule has 0 aromatic carbocycles. The first kappa shape index (κ1) is 20.6. The molecule has 4 heteroatoms. The summed E-state index contributed by atoms with van der Waals surface area (Å²) in [6.45, 7) is 16.9. The molecule has 1 fully saturated rings. The molecule has 1 aliphatic rings. The van der Waals surface area contributed by atoms with Crippen LogP contribution in [0.15, 0.2) is 10.2 Å². The average molecular weight is 327 g/mol. The maximum Gasteiger partial charge on any atom is 0.212 e. The second kappa shape index (κ2) is 8.06. The molecule has 1 saturated carbocycles. The van der Waals surface area contributed by atoms with Crippen LogP contribution >= 0.6 is 0 Å². The molecular formula is C19H38N2O2. The van der Waals surface area contributed by atoms with Gasteiger partial charge in [0.15, 0.2) is 0 Å². The Morgan fingerprint density at radius 2 is 1.48 bits per heavy atom. The molecule has 23 heavy (non-hydrogen) atoms. The van der Waals surface area contributed by atoms with Crippen molar-refractivity contribution < 1.29 is 9.78 Å². The van der Waals surface area contributed by atoms with E-state index in [0.29, 0.717) is 5.92 Å². The van der Waals surface area contributed by atoms with Gasteiger partial charge in [-0.15, -0.1) is 0 Å². The fourth-order valence-corrected chi connectivity index (χ4v) is 3.54. The maximum absolute atomic E-state index is 5.97. The molecule has 1 atom stereocenters. The molecule has 136 valence electrons. The Hall–Kier alpha value is -0.480. The van der Waals surface area contributed by atoms with Gasteiger partial charge in [-0.2, -0.15) is 10.2 Å². The molecule has 1 rings (SSSR count). The number of hydrogen-bond acceptors (Lipinski definition) is 4. The summed E-state index contributed by atoms with van der Waals surface area (Å²) in [7, 11) is 0. The fraction of sp³-hybridized carbons (Fsp3) is 1.00. The molecular weight excluding hydrogens is 288 g/mol. The van der Waals surface area contributed by atoms with Crippen LogP contribution in [0.5, 0.6) is 0 Å². The van der Waals surface area contributed by atoms with E-state index in [1.165, 1.54) is 19.3 Å². The van der Waals surface area contributed by atoms with E-state index in [1.54, 1.807) is 0 Å². The summed E-state index contributed by atoms with van der Waals surface area (Å²) in [6, 6.07) is 0.170. The van der Waals surface area contributed by atoms with E-state index in [2.05, 4.69) is 44.8 Å². The number of nitrogens with zero attached hydrogens (tertiary/aromatic N) is 2. The molecule has 0 amide bonds. The Labute approximate surface area is 143 Å². The largest absolute Gasteiger partial charge is 0.228 e. The summed E-state index contributed by atoms with van der Waals surface area (Å²) in [5.41, 5.74) is -0.838. The lowest BCUT2D eigenvalue weighted by atomic mass is 9.82. The predicted molar refractivity (Wildman–Crippen MR) is 95.3 cm³/mol. The third-order valence-corrected chi connectivity index (χ3v) is 4.24. The maximum atomic E-state index is 5.97. The number of rotatable bonds is 7. The molecule has 0 N–H and O–H groups in total. The third kappa shape index (κ3) is 7.75. The highest BCUT2D eigenvalue weighted by Gasteiger charge is 2.40. The van der Waals surface area contributed by atoms with Gasteiger partial charge in [0.25, 0.3) is 0 Å². The van der Waals surface area contributed by atoms with E-state index in [9.17, 15) is 0 Å². The van der Waals surface area contributed by atoms with E-state index in [1.807, 2.05) is 20.8 Å². The zero-order valence-corrected chi connectivity index (χ0v) is 16.6. The highest BCUT2D eigenvalue weighted by molar-refractivity contribution is 4.83. The lowest BCUT2D eigenvalue weighted by Gasteiger charge is -2.38. The molecule has 0 saturated heterocycles. The van der Waals surface area contributed by atoms with Crippen LogP contribution in [0, 0.1) is 11.3 Å². The van der Waals surface area contributed by atoms with Crippen molar-refractivity contribution in [1.82, 2.24) is 0 Å². The van der Waals surface area contributed by atoms with Crippen molar-refractivity contribution in [1.29, 1.82) is 0 Å². The normalized spacial score (nSPS) is 21.1. The zero-order valence-electron chi connectivity index (χ0n) is 16.6. The van der Waals surface area contributed by atoms with Gasteiger partial charge >= 0.3 is 0 Å². The quantitative estimate of drug-likeness (QED) is 0.313. The van der Waals surface area contributed by atoms with Crippen molar-refractivity contribution in [3.63, 3.8) is 0 Å². The minimum Gasteiger partial charge on any atom is -0.228 e. The summed E-state index contributed by atoms with van der Waals surface area (Å²) in [6.07, 6.45) is 6.98. The van der Waals surface area contributed by atoms with Crippen LogP contribution in [0.2, 0.25) is 0 Å². The molecule has 0 aromatic heterocycles. The lowest BCUT2D eigenvalue weighted by molar-refractivity contribution is -0.417. The van der Waals surface area contributed by atoms with Crippen LogP contribution < -0.4 is 0 Å². The predicted octanol–water partition coefficient (Wildman–Crippen LogP) is 6.31.